The van der Waals surface area contributed by atoms with E-state index in [2.05, 4.69) is 81.5 Å². The van der Waals surface area contributed by atoms with Gasteiger partial charge in [0.1, 0.15) is 0 Å². The summed E-state index contributed by atoms with van der Waals surface area (Å²) in [6, 6.07) is 33.5. The van der Waals surface area contributed by atoms with Crippen molar-refractivity contribution in [3.05, 3.63) is 130 Å². The Bertz CT molecular complexity index is 1940. The van der Waals surface area contributed by atoms with Crippen LogP contribution in [0.5, 0.6) is 0 Å². The molecule has 7 rings (SSSR count). The van der Waals surface area contributed by atoms with Crippen LogP contribution in [-0.2, 0) is 53.3 Å². The Labute approximate surface area is 342 Å². The second-order valence-corrected chi connectivity index (χ2v) is 16.9. The molecule has 6 atom stereocenters. The highest BCUT2D eigenvalue weighted by Gasteiger charge is 2.33. The van der Waals surface area contributed by atoms with E-state index in [1.807, 2.05) is 36.4 Å². The van der Waals surface area contributed by atoms with Crippen molar-refractivity contribution >= 4 is 17.9 Å². The molecular weight excluding hydrogens is 729 g/mol. The maximum absolute atomic E-state index is 12.3. The molecule has 0 radical (unpaired) electrons. The van der Waals surface area contributed by atoms with Crippen LogP contribution >= 0.6 is 0 Å². The van der Waals surface area contributed by atoms with E-state index in [1.165, 1.54) is 0 Å². The lowest BCUT2D eigenvalue weighted by atomic mass is 9.85. The van der Waals surface area contributed by atoms with Crippen LogP contribution in [-0.4, -0.2) is 77.4 Å². The Morgan fingerprint density at radius 1 is 0.483 bits per heavy atom. The van der Waals surface area contributed by atoms with Gasteiger partial charge in [-0.15, -0.1) is 0 Å². The van der Waals surface area contributed by atoms with Crippen LogP contribution in [0.4, 0.5) is 0 Å². The average Bonchev–Trinajstić information content (AvgIpc) is 4.04. The average molecular weight is 787 g/mol. The van der Waals surface area contributed by atoms with E-state index in [0.29, 0.717) is 38.9 Å². The molecule has 3 aliphatic rings. The van der Waals surface area contributed by atoms with Crippen molar-refractivity contribution in [3.63, 3.8) is 0 Å². The van der Waals surface area contributed by atoms with Gasteiger partial charge in [-0.25, -0.2) is 0 Å². The molecule has 3 fully saturated rings. The molecule has 10 nitrogen and oxygen atoms in total. The van der Waals surface area contributed by atoms with Gasteiger partial charge in [0.25, 0.3) is 0 Å². The first kappa shape index (κ1) is 41.3. The smallest absolute Gasteiger partial charge is 0.307 e. The number of carbonyl (C=O) groups is 3. The van der Waals surface area contributed by atoms with Crippen LogP contribution in [0.2, 0.25) is 0 Å². The van der Waals surface area contributed by atoms with Crippen LogP contribution in [0.25, 0.3) is 11.1 Å². The number of rotatable bonds is 19. The highest BCUT2D eigenvalue weighted by Crippen LogP contribution is 2.29. The van der Waals surface area contributed by atoms with Crippen molar-refractivity contribution in [3.8, 4) is 11.1 Å². The maximum Gasteiger partial charge on any atom is 0.307 e. The first-order chi connectivity index (χ1) is 28.2. The first-order valence-corrected chi connectivity index (χ1v) is 21.1. The van der Waals surface area contributed by atoms with Crippen LogP contribution < -0.4 is 16.0 Å². The minimum absolute atomic E-state index is 0.117. The third kappa shape index (κ3) is 11.0. The summed E-state index contributed by atoms with van der Waals surface area (Å²) in [6.07, 6.45) is 4.11. The zero-order valence-corrected chi connectivity index (χ0v) is 33.3. The molecule has 0 amide bonds. The van der Waals surface area contributed by atoms with E-state index in [-0.39, 0.29) is 17.8 Å². The molecule has 3 heterocycles. The molecule has 58 heavy (non-hydrogen) atoms. The number of nitrogens with zero attached hydrogens (tertiary/aromatic N) is 1. The number of aliphatic carboxylic acids is 3. The fourth-order valence-electron chi connectivity index (χ4n) is 9.57. The summed E-state index contributed by atoms with van der Waals surface area (Å²) in [5.41, 5.74) is 8.54. The molecule has 4 aromatic rings. The van der Waals surface area contributed by atoms with Gasteiger partial charge in [-0.05, 0) is 146 Å². The number of carboxylic acids is 3. The molecule has 0 bridgehead atoms. The van der Waals surface area contributed by atoms with Crippen molar-refractivity contribution in [1.82, 2.24) is 20.9 Å². The highest BCUT2D eigenvalue weighted by atomic mass is 16.4. The zero-order valence-electron chi connectivity index (χ0n) is 33.3. The highest BCUT2D eigenvalue weighted by molar-refractivity contribution is 5.72. The van der Waals surface area contributed by atoms with E-state index in [9.17, 15) is 29.7 Å². The lowest BCUT2D eigenvalue weighted by Crippen LogP contribution is -2.27. The molecule has 10 heteroatoms. The molecule has 0 spiro atoms. The monoisotopic (exact) mass is 786 g/mol. The molecule has 306 valence electrons. The standard InChI is InChI=1S/C48H58N4O6/c53-46(54)43(40-13-16-49-26-40)23-32-5-1-8-35(19-32)29-52(30-36-9-2-6-33(20-36)24-44(47(55)56)41-14-17-50-27-41)31-37-10-4-12-39(22-37)38-11-3-7-34(21-38)25-45(48(57)58)42-15-18-51-28-42/h1-12,19-22,40-45,49-51H,13-18,23-31H2,(H,53,54)(H,55,56)(H,57,58). The Morgan fingerprint density at radius 2 is 0.793 bits per heavy atom. The van der Waals surface area contributed by atoms with Gasteiger partial charge in [0.2, 0.25) is 0 Å². The van der Waals surface area contributed by atoms with Gasteiger partial charge < -0.3 is 31.3 Å². The summed E-state index contributed by atoms with van der Waals surface area (Å²) in [5.74, 6) is -3.16. The van der Waals surface area contributed by atoms with E-state index >= 15 is 0 Å². The van der Waals surface area contributed by atoms with Gasteiger partial charge in [-0.1, -0.05) is 91.0 Å². The number of hydrogen-bond donors (Lipinski definition) is 6. The molecule has 3 saturated heterocycles. The summed E-state index contributed by atoms with van der Waals surface area (Å²) >= 11 is 0. The van der Waals surface area contributed by atoms with Crippen LogP contribution in [0.1, 0.15) is 52.6 Å². The van der Waals surface area contributed by atoms with Crippen LogP contribution in [0.15, 0.2) is 97.1 Å². The Kier molecular flexibility index (Phi) is 14.0. The molecule has 3 aliphatic heterocycles. The van der Waals surface area contributed by atoms with Crippen molar-refractivity contribution in [1.29, 1.82) is 0 Å². The summed E-state index contributed by atoms with van der Waals surface area (Å²) < 4.78 is 0. The van der Waals surface area contributed by atoms with Gasteiger partial charge in [0.15, 0.2) is 0 Å². The number of hydrogen-bond acceptors (Lipinski definition) is 7. The minimum Gasteiger partial charge on any atom is -0.481 e. The summed E-state index contributed by atoms with van der Waals surface area (Å²) in [4.78, 5) is 39.4. The Morgan fingerprint density at radius 3 is 1.14 bits per heavy atom. The predicted octanol–water partition coefficient (Wildman–Crippen LogP) is 6.11. The SMILES string of the molecule is O=C(O)C(Cc1cccc(CN(Cc2cccc(CC(C(=O)O)C3CCNC3)c2)Cc2cccc(-c3cccc(CC(C(=O)O)C4CCNC4)c3)c2)c1)C1CCNC1. The number of benzene rings is 4. The number of nitrogens with one attached hydrogen (secondary N) is 3. The lowest BCUT2D eigenvalue weighted by Gasteiger charge is -2.25. The van der Waals surface area contributed by atoms with E-state index in [1.54, 1.807) is 0 Å². The lowest BCUT2D eigenvalue weighted by molar-refractivity contribution is -0.144. The summed E-state index contributed by atoms with van der Waals surface area (Å²) in [6.45, 7) is 6.71. The van der Waals surface area contributed by atoms with Crippen molar-refractivity contribution in [2.75, 3.05) is 39.3 Å². The Hall–Kier alpha value is -4.87. The van der Waals surface area contributed by atoms with Crippen molar-refractivity contribution < 1.29 is 29.7 Å². The summed E-state index contributed by atoms with van der Waals surface area (Å²) in [7, 11) is 0. The van der Waals surface area contributed by atoms with E-state index in [0.717, 1.165) is 103 Å². The normalized spacial score (nSPS) is 20.9. The van der Waals surface area contributed by atoms with Crippen LogP contribution in [0, 0.1) is 35.5 Å². The molecule has 0 aliphatic carbocycles. The van der Waals surface area contributed by atoms with Crippen molar-refractivity contribution in [2.45, 2.75) is 58.2 Å². The van der Waals surface area contributed by atoms with Crippen LogP contribution in [0.3, 0.4) is 0 Å². The second kappa shape index (κ2) is 19.7. The predicted molar refractivity (Wildman–Crippen MR) is 225 cm³/mol. The Balaban J connectivity index is 1.12. The summed E-state index contributed by atoms with van der Waals surface area (Å²) in [5, 5.41) is 40.3. The van der Waals surface area contributed by atoms with Gasteiger partial charge in [0, 0.05) is 19.6 Å². The number of carboxylic acid groups (broad SMARTS) is 3. The molecule has 6 unspecified atom stereocenters. The van der Waals surface area contributed by atoms with Gasteiger partial charge in [-0.3, -0.25) is 19.3 Å². The van der Waals surface area contributed by atoms with E-state index in [4.69, 9.17) is 0 Å². The third-order valence-corrected chi connectivity index (χ3v) is 12.7. The van der Waals surface area contributed by atoms with Gasteiger partial charge >= 0.3 is 17.9 Å². The second-order valence-electron chi connectivity index (χ2n) is 16.9. The van der Waals surface area contributed by atoms with Gasteiger partial charge in [-0.2, -0.15) is 0 Å². The molecular formula is C48H58N4O6. The largest absolute Gasteiger partial charge is 0.481 e. The molecule has 0 saturated carbocycles. The fraction of sp³-hybridized carbons (Fsp3) is 0.438. The van der Waals surface area contributed by atoms with Crippen molar-refractivity contribution in [2.24, 2.45) is 35.5 Å². The fourth-order valence-corrected chi connectivity index (χ4v) is 9.57. The first-order valence-electron chi connectivity index (χ1n) is 21.1. The van der Waals surface area contributed by atoms with Gasteiger partial charge in [0.05, 0.1) is 17.8 Å². The van der Waals surface area contributed by atoms with E-state index < -0.39 is 35.7 Å². The zero-order chi connectivity index (χ0) is 40.4. The maximum atomic E-state index is 12.3. The minimum atomic E-state index is -0.742. The molecule has 4 aromatic carbocycles. The molecule has 0 aromatic heterocycles. The quantitative estimate of drug-likeness (QED) is 0.0657. The molecule has 6 N–H and O–H groups in total. The third-order valence-electron chi connectivity index (χ3n) is 12.7. The topological polar surface area (TPSA) is 151 Å².